The van der Waals surface area contributed by atoms with Crippen LogP contribution < -0.4 is 0 Å². The van der Waals surface area contributed by atoms with Crippen molar-refractivity contribution in [3.05, 3.63) is 25.3 Å². The van der Waals surface area contributed by atoms with Gasteiger partial charge in [0.25, 0.3) is 0 Å². The molecule has 0 radical (unpaired) electrons. The maximum Gasteiger partial charge on any atom is 0.00313 e. The lowest BCUT2D eigenvalue weighted by atomic mass is 10.1. The van der Waals surface area contributed by atoms with Crippen molar-refractivity contribution in [3.8, 4) is 0 Å². The molecule has 132 valence electrons. The molecule has 0 saturated carbocycles. The molecular formula is C20H38Br2. The van der Waals surface area contributed by atoms with Gasteiger partial charge in [-0.1, -0.05) is 95.4 Å². The van der Waals surface area contributed by atoms with Crippen LogP contribution in [-0.4, -0.2) is 10.7 Å². The molecule has 0 spiro atoms. The first-order valence-corrected chi connectivity index (χ1v) is 11.4. The van der Waals surface area contributed by atoms with E-state index in [1.165, 1.54) is 101 Å². The van der Waals surface area contributed by atoms with Crippen LogP contribution in [0.5, 0.6) is 0 Å². The quantitative estimate of drug-likeness (QED) is 0.129. The number of allylic oxidation sites excluding steroid dienone is 2. The highest BCUT2D eigenvalue weighted by Crippen LogP contribution is 2.08. The zero-order valence-corrected chi connectivity index (χ0v) is 17.8. The van der Waals surface area contributed by atoms with E-state index in [4.69, 9.17) is 0 Å². The molecule has 0 saturated heterocycles. The van der Waals surface area contributed by atoms with Gasteiger partial charge in [0.2, 0.25) is 0 Å². The summed E-state index contributed by atoms with van der Waals surface area (Å²) in [4.78, 5) is 0. The van der Waals surface area contributed by atoms with Crippen LogP contribution in [0.4, 0.5) is 0 Å². The standard InChI is InChI=1S/2C10H19Br/c2*1-2-3-4-5-6-7-8-9-10-11/h2*2H,1,3-10H2. The van der Waals surface area contributed by atoms with E-state index in [1.807, 2.05) is 12.2 Å². The molecule has 0 atom stereocenters. The van der Waals surface area contributed by atoms with E-state index >= 15 is 0 Å². The summed E-state index contributed by atoms with van der Waals surface area (Å²) >= 11 is 6.86. The highest BCUT2D eigenvalue weighted by atomic mass is 79.9. The molecule has 0 aliphatic heterocycles. The van der Waals surface area contributed by atoms with Crippen LogP contribution in [0.15, 0.2) is 25.3 Å². The molecule has 0 aliphatic carbocycles. The average Bonchev–Trinajstić information content (AvgIpc) is 2.54. The number of hydrogen-bond acceptors (Lipinski definition) is 0. The van der Waals surface area contributed by atoms with E-state index in [2.05, 4.69) is 45.0 Å². The lowest BCUT2D eigenvalue weighted by molar-refractivity contribution is 0.614. The molecule has 0 aromatic carbocycles. The smallest absolute Gasteiger partial charge is 0.00313 e. The molecule has 0 bridgehead atoms. The van der Waals surface area contributed by atoms with Gasteiger partial charge in [-0.15, -0.1) is 13.2 Å². The van der Waals surface area contributed by atoms with E-state index in [0.29, 0.717) is 0 Å². The fourth-order valence-corrected chi connectivity index (χ4v) is 2.97. The van der Waals surface area contributed by atoms with Crippen molar-refractivity contribution in [2.24, 2.45) is 0 Å². The van der Waals surface area contributed by atoms with Gasteiger partial charge in [-0.25, -0.2) is 0 Å². The van der Waals surface area contributed by atoms with E-state index in [9.17, 15) is 0 Å². The molecule has 0 unspecified atom stereocenters. The van der Waals surface area contributed by atoms with Crippen molar-refractivity contribution in [2.75, 3.05) is 10.7 Å². The Kier molecular flexibility index (Phi) is 29.6. The summed E-state index contributed by atoms with van der Waals surface area (Å²) in [6.45, 7) is 7.40. The Bertz CT molecular complexity index is 180. The molecule has 0 aromatic heterocycles. The Hall–Kier alpha value is 0.440. The van der Waals surface area contributed by atoms with Crippen LogP contribution in [0.2, 0.25) is 0 Å². The van der Waals surface area contributed by atoms with E-state index in [0.717, 1.165) is 0 Å². The van der Waals surface area contributed by atoms with Crippen LogP contribution in [-0.2, 0) is 0 Å². The molecule has 0 aromatic rings. The van der Waals surface area contributed by atoms with Gasteiger partial charge in [-0.3, -0.25) is 0 Å². The van der Waals surface area contributed by atoms with Gasteiger partial charge in [-0.05, 0) is 38.5 Å². The van der Waals surface area contributed by atoms with Crippen molar-refractivity contribution in [1.82, 2.24) is 0 Å². The van der Waals surface area contributed by atoms with Crippen molar-refractivity contribution >= 4 is 31.9 Å². The third kappa shape index (κ3) is 28.6. The number of unbranched alkanes of at least 4 members (excludes halogenated alkanes) is 12. The highest BCUT2D eigenvalue weighted by Gasteiger charge is 1.89. The maximum absolute atomic E-state index is 3.70. The molecule has 0 fully saturated rings. The Morgan fingerprint density at radius 3 is 1.00 bits per heavy atom. The van der Waals surface area contributed by atoms with Gasteiger partial charge in [-0.2, -0.15) is 0 Å². The molecular weight excluding hydrogens is 400 g/mol. The molecule has 0 rings (SSSR count). The first-order valence-electron chi connectivity index (χ1n) is 9.17. The Morgan fingerprint density at radius 2 is 0.727 bits per heavy atom. The molecule has 0 heterocycles. The lowest BCUT2D eigenvalue weighted by Crippen LogP contribution is -1.79. The summed E-state index contributed by atoms with van der Waals surface area (Å²) in [7, 11) is 0. The molecule has 0 N–H and O–H groups in total. The van der Waals surface area contributed by atoms with E-state index < -0.39 is 0 Å². The SMILES string of the molecule is C=CCCCCCCCCBr.C=CCCCCCCCCBr. The Labute approximate surface area is 157 Å². The summed E-state index contributed by atoms with van der Waals surface area (Å²) in [6, 6.07) is 0. The van der Waals surface area contributed by atoms with E-state index in [-0.39, 0.29) is 0 Å². The predicted octanol–water partition coefficient (Wildman–Crippen LogP) is 8.60. The molecule has 2 heteroatoms. The van der Waals surface area contributed by atoms with E-state index in [1.54, 1.807) is 0 Å². The second-order valence-corrected chi connectivity index (χ2v) is 7.36. The van der Waals surface area contributed by atoms with Gasteiger partial charge in [0, 0.05) is 10.7 Å². The topological polar surface area (TPSA) is 0 Å². The van der Waals surface area contributed by atoms with Crippen molar-refractivity contribution < 1.29 is 0 Å². The third-order valence-electron chi connectivity index (χ3n) is 3.58. The van der Waals surface area contributed by atoms with Crippen LogP contribution in [0.3, 0.4) is 0 Å². The lowest BCUT2D eigenvalue weighted by Gasteiger charge is -1.97. The highest BCUT2D eigenvalue weighted by molar-refractivity contribution is 9.09. The summed E-state index contributed by atoms with van der Waals surface area (Å²) in [6.07, 6.45) is 22.9. The normalized spacial score (nSPS) is 9.91. The predicted molar refractivity (Wildman–Crippen MR) is 113 cm³/mol. The second-order valence-electron chi connectivity index (χ2n) is 5.78. The minimum Gasteiger partial charge on any atom is -0.103 e. The summed E-state index contributed by atoms with van der Waals surface area (Å²) in [5, 5.41) is 2.33. The number of halogens is 2. The molecule has 0 nitrogen and oxygen atoms in total. The summed E-state index contributed by atoms with van der Waals surface area (Å²) < 4.78 is 0. The Balaban J connectivity index is 0. The van der Waals surface area contributed by atoms with Gasteiger partial charge in [0.05, 0.1) is 0 Å². The second kappa shape index (κ2) is 26.3. The summed E-state index contributed by atoms with van der Waals surface area (Å²) in [5.41, 5.74) is 0. The number of hydrogen-bond donors (Lipinski definition) is 0. The zero-order valence-electron chi connectivity index (χ0n) is 14.6. The molecule has 0 aliphatic rings. The fraction of sp³-hybridized carbons (Fsp3) is 0.800. The third-order valence-corrected chi connectivity index (χ3v) is 4.71. The van der Waals surface area contributed by atoms with Gasteiger partial charge in [0.15, 0.2) is 0 Å². The van der Waals surface area contributed by atoms with Gasteiger partial charge in [0.1, 0.15) is 0 Å². The van der Waals surface area contributed by atoms with Crippen molar-refractivity contribution in [1.29, 1.82) is 0 Å². The average molecular weight is 438 g/mol. The van der Waals surface area contributed by atoms with Crippen LogP contribution in [0, 0.1) is 0 Å². The maximum atomic E-state index is 3.70. The monoisotopic (exact) mass is 436 g/mol. The minimum atomic E-state index is 1.17. The van der Waals surface area contributed by atoms with Crippen LogP contribution in [0.1, 0.15) is 89.9 Å². The Morgan fingerprint density at radius 1 is 0.455 bits per heavy atom. The van der Waals surface area contributed by atoms with Crippen LogP contribution in [0.25, 0.3) is 0 Å². The first-order chi connectivity index (χ1) is 10.8. The summed E-state index contributed by atoms with van der Waals surface area (Å²) in [5.74, 6) is 0. The number of alkyl halides is 2. The van der Waals surface area contributed by atoms with Gasteiger partial charge < -0.3 is 0 Å². The zero-order chi connectivity index (χ0) is 16.7. The minimum absolute atomic E-state index is 1.17. The van der Waals surface area contributed by atoms with Gasteiger partial charge >= 0.3 is 0 Å². The van der Waals surface area contributed by atoms with Crippen molar-refractivity contribution in [2.45, 2.75) is 89.9 Å². The van der Waals surface area contributed by atoms with Crippen LogP contribution >= 0.6 is 31.9 Å². The van der Waals surface area contributed by atoms with Crippen molar-refractivity contribution in [3.63, 3.8) is 0 Å². The number of rotatable bonds is 16. The molecule has 0 amide bonds. The molecule has 22 heavy (non-hydrogen) atoms. The largest absolute Gasteiger partial charge is 0.103 e. The fourth-order valence-electron chi connectivity index (χ4n) is 2.18. The first kappa shape index (κ1) is 24.7.